The molecule has 0 bridgehead atoms. The molecule has 0 aliphatic carbocycles. The molecule has 21 heavy (non-hydrogen) atoms. The second-order valence-corrected chi connectivity index (χ2v) is 4.69. The standard InChI is InChI=1S/C16H25N5/c1-5-19-16(12(3)20-9-8-17)13(4)21-14-7-6-11(2)15(18)10-14/h6-7,10,20-21H,3-5,8-9,17-18H2,1-2H3. The lowest BCUT2D eigenvalue weighted by Crippen LogP contribution is -2.28. The van der Waals surface area contributed by atoms with Crippen molar-refractivity contribution < 1.29 is 0 Å². The fourth-order valence-electron chi connectivity index (χ4n) is 1.79. The van der Waals surface area contributed by atoms with Gasteiger partial charge >= 0.3 is 0 Å². The van der Waals surface area contributed by atoms with Gasteiger partial charge < -0.3 is 22.1 Å². The van der Waals surface area contributed by atoms with Gasteiger partial charge in [0.05, 0.1) is 11.4 Å². The van der Waals surface area contributed by atoms with Gasteiger partial charge in [0.1, 0.15) is 5.71 Å². The zero-order valence-electron chi connectivity index (χ0n) is 12.9. The highest BCUT2D eigenvalue weighted by Crippen LogP contribution is 2.19. The number of anilines is 2. The first-order valence-electron chi connectivity index (χ1n) is 6.99. The van der Waals surface area contributed by atoms with Crippen LogP contribution in [0.25, 0.3) is 0 Å². The van der Waals surface area contributed by atoms with Crippen molar-refractivity contribution in [2.45, 2.75) is 13.8 Å². The van der Waals surface area contributed by atoms with Crippen LogP contribution >= 0.6 is 0 Å². The zero-order chi connectivity index (χ0) is 15.8. The number of nitrogens with two attached hydrogens (primary N) is 2. The largest absolute Gasteiger partial charge is 0.398 e. The summed E-state index contributed by atoms with van der Waals surface area (Å²) in [6, 6.07) is 5.79. The monoisotopic (exact) mass is 287 g/mol. The van der Waals surface area contributed by atoms with Crippen LogP contribution in [0.5, 0.6) is 0 Å². The van der Waals surface area contributed by atoms with Gasteiger partial charge in [-0.3, -0.25) is 4.99 Å². The fourth-order valence-corrected chi connectivity index (χ4v) is 1.79. The molecule has 0 radical (unpaired) electrons. The quantitative estimate of drug-likeness (QED) is 0.435. The minimum atomic E-state index is 0.535. The maximum absolute atomic E-state index is 5.91. The lowest BCUT2D eigenvalue weighted by atomic mass is 10.1. The summed E-state index contributed by atoms with van der Waals surface area (Å²) in [5, 5.41) is 6.34. The number of benzene rings is 1. The maximum Gasteiger partial charge on any atom is 0.103 e. The molecule has 6 N–H and O–H groups in total. The van der Waals surface area contributed by atoms with Crippen LogP contribution in [-0.2, 0) is 0 Å². The first-order valence-corrected chi connectivity index (χ1v) is 6.99. The van der Waals surface area contributed by atoms with E-state index in [9.17, 15) is 0 Å². The van der Waals surface area contributed by atoms with Crippen molar-refractivity contribution in [1.82, 2.24) is 5.32 Å². The van der Waals surface area contributed by atoms with E-state index in [2.05, 4.69) is 28.8 Å². The van der Waals surface area contributed by atoms with Gasteiger partial charge in [0.15, 0.2) is 0 Å². The molecular weight excluding hydrogens is 262 g/mol. The number of aryl methyl sites for hydroxylation is 1. The second kappa shape index (κ2) is 8.11. The molecule has 0 amide bonds. The summed E-state index contributed by atoms with van der Waals surface area (Å²) in [6.07, 6.45) is 0. The summed E-state index contributed by atoms with van der Waals surface area (Å²) in [6.45, 7) is 13.8. The van der Waals surface area contributed by atoms with Crippen molar-refractivity contribution in [1.29, 1.82) is 0 Å². The molecule has 5 heteroatoms. The van der Waals surface area contributed by atoms with Crippen molar-refractivity contribution in [3.8, 4) is 0 Å². The van der Waals surface area contributed by atoms with Gasteiger partial charge in [-0.2, -0.15) is 0 Å². The van der Waals surface area contributed by atoms with E-state index in [-0.39, 0.29) is 0 Å². The molecule has 1 aromatic carbocycles. The van der Waals surface area contributed by atoms with E-state index >= 15 is 0 Å². The molecule has 5 nitrogen and oxygen atoms in total. The predicted molar refractivity (Wildman–Crippen MR) is 92.5 cm³/mol. The fraction of sp³-hybridized carbons (Fsp3) is 0.312. The third-order valence-corrected chi connectivity index (χ3v) is 2.95. The number of nitrogens with zero attached hydrogens (tertiary/aromatic N) is 1. The van der Waals surface area contributed by atoms with Crippen LogP contribution in [0.4, 0.5) is 11.4 Å². The Morgan fingerprint density at radius 2 is 2.00 bits per heavy atom. The normalized spacial score (nSPS) is 11.1. The summed E-state index contributed by atoms with van der Waals surface area (Å²) in [7, 11) is 0. The van der Waals surface area contributed by atoms with Gasteiger partial charge in [0.25, 0.3) is 0 Å². The number of aliphatic imine (C=N–C) groups is 1. The number of rotatable bonds is 8. The van der Waals surface area contributed by atoms with E-state index in [1.54, 1.807) is 0 Å². The highest BCUT2D eigenvalue weighted by molar-refractivity contribution is 6.12. The molecule has 0 unspecified atom stereocenters. The highest BCUT2D eigenvalue weighted by atomic mass is 15.0. The summed E-state index contributed by atoms with van der Waals surface area (Å²) in [5.41, 5.74) is 16.2. The molecule has 0 atom stereocenters. The first-order chi connectivity index (χ1) is 9.99. The Labute approximate surface area is 126 Å². The minimum Gasteiger partial charge on any atom is -0.398 e. The van der Waals surface area contributed by atoms with Gasteiger partial charge in [-0.25, -0.2) is 0 Å². The molecule has 0 saturated heterocycles. The van der Waals surface area contributed by atoms with E-state index in [4.69, 9.17) is 11.5 Å². The Morgan fingerprint density at radius 1 is 1.29 bits per heavy atom. The lowest BCUT2D eigenvalue weighted by molar-refractivity contribution is 0.823. The maximum atomic E-state index is 5.91. The molecule has 0 heterocycles. The Hall–Kier alpha value is -2.27. The summed E-state index contributed by atoms with van der Waals surface area (Å²) in [5.74, 6) is 0. The van der Waals surface area contributed by atoms with Crippen LogP contribution in [0.1, 0.15) is 12.5 Å². The average molecular weight is 287 g/mol. The van der Waals surface area contributed by atoms with Crippen LogP contribution < -0.4 is 22.1 Å². The molecule has 114 valence electrons. The van der Waals surface area contributed by atoms with Gasteiger partial charge in [0, 0.05) is 31.0 Å². The third kappa shape index (κ3) is 4.96. The van der Waals surface area contributed by atoms with E-state index < -0.39 is 0 Å². The van der Waals surface area contributed by atoms with Crippen LogP contribution in [0.2, 0.25) is 0 Å². The van der Waals surface area contributed by atoms with Crippen LogP contribution in [0, 0.1) is 6.92 Å². The molecule has 1 rings (SSSR count). The van der Waals surface area contributed by atoms with E-state index in [1.165, 1.54) is 0 Å². The molecule has 0 fully saturated rings. The molecule has 0 spiro atoms. The van der Waals surface area contributed by atoms with Gasteiger partial charge in [-0.15, -0.1) is 0 Å². The third-order valence-electron chi connectivity index (χ3n) is 2.95. The predicted octanol–water partition coefficient (Wildman–Crippen LogP) is 2.03. The number of nitrogen functional groups attached to an aromatic ring is 1. The Balaban J connectivity index is 2.84. The summed E-state index contributed by atoms with van der Waals surface area (Å²) in [4.78, 5) is 4.43. The van der Waals surface area contributed by atoms with Crippen molar-refractivity contribution in [2.24, 2.45) is 10.7 Å². The molecular formula is C16H25N5. The topological polar surface area (TPSA) is 88.5 Å². The highest BCUT2D eigenvalue weighted by Gasteiger charge is 2.09. The lowest BCUT2D eigenvalue weighted by Gasteiger charge is -2.16. The van der Waals surface area contributed by atoms with Crippen molar-refractivity contribution in [3.63, 3.8) is 0 Å². The minimum absolute atomic E-state index is 0.535. The van der Waals surface area contributed by atoms with Crippen LogP contribution in [0.15, 0.2) is 47.7 Å². The van der Waals surface area contributed by atoms with E-state index in [0.717, 1.165) is 16.9 Å². The average Bonchev–Trinajstić information content (AvgIpc) is 2.46. The van der Waals surface area contributed by atoms with Gasteiger partial charge in [-0.1, -0.05) is 19.2 Å². The van der Waals surface area contributed by atoms with Crippen molar-refractivity contribution in [2.75, 3.05) is 30.7 Å². The zero-order valence-corrected chi connectivity index (χ0v) is 12.9. The Kier molecular flexibility index (Phi) is 6.49. The summed E-state index contributed by atoms with van der Waals surface area (Å²) >= 11 is 0. The Bertz CT molecular complexity index is 546. The van der Waals surface area contributed by atoms with E-state index in [1.807, 2.05) is 32.0 Å². The molecule has 0 aromatic heterocycles. The molecule has 0 aliphatic heterocycles. The first kappa shape index (κ1) is 16.8. The molecule has 1 aromatic rings. The number of hydrogen-bond acceptors (Lipinski definition) is 5. The van der Waals surface area contributed by atoms with Crippen LogP contribution in [0.3, 0.4) is 0 Å². The van der Waals surface area contributed by atoms with E-state index in [0.29, 0.717) is 36.7 Å². The second-order valence-electron chi connectivity index (χ2n) is 4.69. The SMILES string of the molecule is C=C(NCCN)C(=NCC)C(=C)Nc1ccc(C)c(N)c1. The number of hydrogen-bond donors (Lipinski definition) is 4. The summed E-state index contributed by atoms with van der Waals surface area (Å²) < 4.78 is 0. The molecule has 0 aliphatic rings. The smallest absolute Gasteiger partial charge is 0.103 e. The van der Waals surface area contributed by atoms with Crippen LogP contribution in [-0.4, -0.2) is 25.3 Å². The molecule has 0 saturated carbocycles. The van der Waals surface area contributed by atoms with Crippen molar-refractivity contribution in [3.05, 3.63) is 48.3 Å². The number of nitrogens with one attached hydrogen (secondary N) is 2. The van der Waals surface area contributed by atoms with Gasteiger partial charge in [-0.05, 0) is 31.5 Å². The van der Waals surface area contributed by atoms with Crippen molar-refractivity contribution >= 4 is 17.1 Å². The Morgan fingerprint density at radius 3 is 2.57 bits per heavy atom. The van der Waals surface area contributed by atoms with Gasteiger partial charge in [0.2, 0.25) is 0 Å².